The van der Waals surface area contributed by atoms with Crippen LogP contribution in [0.2, 0.25) is 0 Å². The van der Waals surface area contributed by atoms with Gasteiger partial charge in [0, 0.05) is 0 Å². The number of hydrogen-bond acceptors (Lipinski definition) is 1. The molecule has 3 nitrogen and oxygen atoms in total. The third kappa shape index (κ3) is 33.9. The van der Waals surface area contributed by atoms with Crippen LogP contribution in [0.5, 0.6) is 0 Å². The van der Waals surface area contributed by atoms with Crippen molar-refractivity contribution >= 4 is 29.6 Å². The van der Waals surface area contributed by atoms with Gasteiger partial charge in [0.2, 0.25) is 0 Å². The van der Waals surface area contributed by atoms with E-state index >= 15 is 0 Å². The molecule has 0 aromatic heterocycles. The Morgan fingerprint density at radius 3 is 1.60 bits per heavy atom. The maximum atomic E-state index is 6.86. The molecule has 0 spiro atoms. The van der Waals surface area contributed by atoms with Crippen molar-refractivity contribution in [3.05, 3.63) is 10.4 Å². The topological polar surface area (TPSA) is 60.3 Å². The summed E-state index contributed by atoms with van der Waals surface area (Å²) in [6.45, 7) is 0. The van der Waals surface area contributed by atoms with Crippen molar-refractivity contribution in [2.24, 2.45) is 0 Å². The van der Waals surface area contributed by atoms with E-state index in [1.807, 2.05) is 0 Å². The summed E-state index contributed by atoms with van der Waals surface area (Å²) in [7, 11) is 0. The van der Waals surface area contributed by atoms with Crippen molar-refractivity contribution in [3.63, 3.8) is 0 Å². The molecular weight excluding hydrogens is 88.0 g/mol. The first kappa shape index (κ1) is 16.2. The third-order valence-electron chi connectivity index (χ3n) is 0. The normalized spacial score (nSPS) is 1.60. The van der Waals surface area contributed by atoms with Gasteiger partial charge < -0.3 is 0 Å². The molecule has 18 valence electrons. The Labute approximate surface area is 74.1 Å². The number of hydrogen-bond donors (Lipinski definition) is 1. The number of nitrogens with one attached hydrogen (secondary N) is 1. The molecule has 0 aliphatic rings. The molecule has 0 unspecified atom stereocenters. The second-order valence-corrected chi connectivity index (χ2v) is 0.100. The van der Waals surface area contributed by atoms with E-state index in [-0.39, 0.29) is 59.1 Å². The summed E-state index contributed by atoms with van der Waals surface area (Å²) in [5.41, 5.74) is 12.2. The zero-order valence-electron chi connectivity index (χ0n) is 2.39. The Balaban J connectivity index is -0.0000000200. The molecule has 0 atom stereocenters. The minimum atomic E-state index is 0. The molecule has 0 aromatic rings. The van der Waals surface area contributed by atoms with E-state index in [0.717, 1.165) is 0 Å². The summed E-state index contributed by atoms with van der Waals surface area (Å²) >= 11 is 0. The third-order valence-corrected chi connectivity index (χ3v) is 0. The van der Waals surface area contributed by atoms with Gasteiger partial charge in [-0.15, -0.1) is 5.53 Å². The average Bonchev–Trinajstić information content (AvgIpc) is 0.918. The Kier molecular flexibility index (Phi) is 60.0. The molecule has 0 aliphatic carbocycles. The van der Waals surface area contributed by atoms with Crippen LogP contribution < -0.4 is 29.6 Å². The predicted octanol–water partition coefficient (Wildman–Crippen LogP) is -2.77. The van der Waals surface area contributed by atoms with Crippen LogP contribution in [0.4, 0.5) is 0 Å². The summed E-state index contributed by atoms with van der Waals surface area (Å²) in [4.78, 5) is 1.75. The van der Waals surface area contributed by atoms with Crippen molar-refractivity contribution in [1.82, 2.24) is 0 Å². The molecule has 0 saturated carbocycles. The Hall–Kier alpha value is 1.31. The number of nitrogens with zero attached hydrogens (tertiary/aromatic N) is 2. The van der Waals surface area contributed by atoms with Crippen molar-refractivity contribution in [2.75, 3.05) is 0 Å². The summed E-state index contributed by atoms with van der Waals surface area (Å²) < 4.78 is 0. The van der Waals surface area contributed by atoms with Crippen LogP contribution in [0.15, 0.2) is 0 Å². The Morgan fingerprint density at radius 1 is 1.60 bits per heavy atom. The first-order valence-corrected chi connectivity index (χ1v) is 0.424. The molecule has 0 heterocycles. The SMILES string of the molecule is [N-]=[N+]=N.[Na+].[NaH]. The van der Waals surface area contributed by atoms with E-state index in [2.05, 4.69) is 0 Å². The van der Waals surface area contributed by atoms with Crippen molar-refractivity contribution in [2.45, 2.75) is 0 Å². The molecule has 1 N–H and O–H groups in total. The molecule has 0 bridgehead atoms. The average molecular weight is 90.0 g/mol. The van der Waals surface area contributed by atoms with E-state index in [4.69, 9.17) is 11.1 Å². The standard InChI is InChI=1S/HN3.2Na.H/c1-3-2;;;/h1H;;;/q;;+1;. The molecule has 0 amide bonds. The molecule has 0 aromatic carbocycles. The Morgan fingerprint density at radius 2 is 1.60 bits per heavy atom. The Bertz CT molecular complexity index is 25.9. The van der Waals surface area contributed by atoms with E-state index in [0.29, 0.717) is 0 Å². The molecular formula is H2N3Na2+. The minimum absolute atomic E-state index is 0. The van der Waals surface area contributed by atoms with Gasteiger partial charge in [0.25, 0.3) is 0 Å². The van der Waals surface area contributed by atoms with Gasteiger partial charge >= 0.3 is 59.1 Å². The summed E-state index contributed by atoms with van der Waals surface area (Å²) in [6.07, 6.45) is 0. The van der Waals surface area contributed by atoms with Gasteiger partial charge in [-0.3, -0.25) is 0 Å². The van der Waals surface area contributed by atoms with Crippen LogP contribution in [0, 0.1) is 5.53 Å². The quantitative estimate of drug-likeness (QED) is 0.145. The van der Waals surface area contributed by atoms with Crippen molar-refractivity contribution < 1.29 is 29.6 Å². The van der Waals surface area contributed by atoms with Crippen LogP contribution in [0.25, 0.3) is 10.4 Å². The van der Waals surface area contributed by atoms with E-state index in [1.165, 1.54) is 0 Å². The molecule has 0 saturated heterocycles. The first-order chi connectivity index (χ1) is 1.41. The van der Waals surface area contributed by atoms with Crippen molar-refractivity contribution in [3.8, 4) is 0 Å². The second kappa shape index (κ2) is 18.5. The van der Waals surface area contributed by atoms with Crippen LogP contribution in [-0.2, 0) is 0 Å². The monoisotopic (exact) mass is 90.0 g/mol. The fraction of sp³-hybridized carbons (Fsp3) is 0. The van der Waals surface area contributed by atoms with Gasteiger partial charge in [-0.05, 0) is 10.4 Å². The summed E-state index contributed by atoms with van der Waals surface area (Å²) in [5, 5.41) is 0. The van der Waals surface area contributed by atoms with Gasteiger partial charge in [0.15, 0.2) is 0 Å². The number of rotatable bonds is 0. The van der Waals surface area contributed by atoms with Gasteiger partial charge in [0.05, 0.1) is 0 Å². The second-order valence-electron chi connectivity index (χ2n) is 0.100. The van der Waals surface area contributed by atoms with E-state index in [9.17, 15) is 0 Å². The van der Waals surface area contributed by atoms with E-state index in [1.54, 1.807) is 4.91 Å². The first-order valence-electron chi connectivity index (χ1n) is 0.424. The molecule has 0 rings (SSSR count). The summed E-state index contributed by atoms with van der Waals surface area (Å²) in [5.74, 6) is 0. The van der Waals surface area contributed by atoms with Crippen LogP contribution in [-0.4, -0.2) is 29.6 Å². The molecule has 5 heavy (non-hydrogen) atoms. The molecule has 5 heteroatoms. The van der Waals surface area contributed by atoms with Crippen LogP contribution in [0.3, 0.4) is 0 Å². The fourth-order valence-electron chi connectivity index (χ4n) is 0. The summed E-state index contributed by atoms with van der Waals surface area (Å²) in [6, 6.07) is 0. The van der Waals surface area contributed by atoms with Crippen LogP contribution in [0.1, 0.15) is 0 Å². The molecule has 0 radical (unpaired) electrons. The van der Waals surface area contributed by atoms with E-state index < -0.39 is 0 Å². The van der Waals surface area contributed by atoms with Gasteiger partial charge in [0.1, 0.15) is 0 Å². The predicted molar refractivity (Wildman–Crippen MR) is 16.6 cm³/mol. The zero-order chi connectivity index (χ0) is 2.71. The van der Waals surface area contributed by atoms with Gasteiger partial charge in [-0.2, -0.15) is 0 Å². The van der Waals surface area contributed by atoms with Gasteiger partial charge in [-0.1, -0.05) is 0 Å². The molecule has 0 aliphatic heterocycles. The zero-order valence-corrected chi connectivity index (χ0v) is 4.39. The maximum absolute atomic E-state index is 6.86. The van der Waals surface area contributed by atoms with Crippen LogP contribution >= 0.6 is 0 Å². The molecule has 0 fully saturated rings. The van der Waals surface area contributed by atoms with Gasteiger partial charge in [-0.25, -0.2) is 0 Å². The fourth-order valence-corrected chi connectivity index (χ4v) is 0. The van der Waals surface area contributed by atoms with Crippen molar-refractivity contribution in [1.29, 1.82) is 5.53 Å².